The van der Waals surface area contributed by atoms with Gasteiger partial charge in [0.25, 0.3) is 0 Å². The number of hydrogen-bond acceptors (Lipinski definition) is 4. The van der Waals surface area contributed by atoms with E-state index < -0.39 is 0 Å². The van der Waals surface area contributed by atoms with Gasteiger partial charge >= 0.3 is 0 Å². The summed E-state index contributed by atoms with van der Waals surface area (Å²) in [6.07, 6.45) is 2.62. The molecule has 1 aromatic rings. The minimum atomic E-state index is 0.339. The third kappa shape index (κ3) is 3.31. The molecule has 5 heteroatoms. The zero-order chi connectivity index (χ0) is 12.0. The van der Waals surface area contributed by atoms with Crippen molar-refractivity contribution in [2.75, 3.05) is 6.54 Å². The second kappa shape index (κ2) is 6.23. The molecule has 1 aromatic heterocycles. The number of hydrogen-bond donors (Lipinski definition) is 0. The first kappa shape index (κ1) is 12.7. The fraction of sp³-hybridized carbons (Fsp3) is 0.727. The summed E-state index contributed by atoms with van der Waals surface area (Å²) in [5, 5.41) is 12.9. The van der Waals surface area contributed by atoms with E-state index in [1.54, 1.807) is 6.33 Å². The van der Waals surface area contributed by atoms with Crippen LogP contribution in [0.4, 0.5) is 0 Å². The Morgan fingerprint density at radius 3 is 2.88 bits per heavy atom. The van der Waals surface area contributed by atoms with Crippen LogP contribution in [0.2, 0.25) is 0 Å². The van der Waals surface area contributed by atoms with Crippen molar-refractivity contribution in [3.63, 3.8) is 0 Å². The third-order valence-electron chi connectivity index (χ3n) is 2.48. The average Bonchev–Trinajstić information content (AvgIpc) is 2.65. The third-order valence-corrected chi connectivity index (χ3v) is 2.48. The molecule has 0 saturated carbocycles. The van der Waals surface area contributed by atoms with Crippen LogP contribution >= 0.6 is 0 Å². The van der Waals surface area contributed by atoms with Crippen LogP contribution in [0, 0.1) is 11.3 Å². The molecule has 1 rings (SSSR count). The Hall–Kier alpha value is -1.41. The van der Waals surface area contributed by atoms with E-state index in [2.05, 4.69) is 41.8 Å². The van der Waals surface area contributed by atoms with Gasteiger partial charge < -0.3 is 0 Å². The summed E-state index contributed by atoms with van der Waals surface area (Å²) in [7, 11) is 0. The van der Waals surface area contributed by atoms with Gasteiger partial charge in [0.2, 0.25) is 0 Å². The molecule has 1 heterocycles. The second-order valence-corrected chi connectivity index (χ2v) is 4.06. The van der Waals surface area contributed by atoms with E-state index >= 15 is 0 Å². The molecule has 0 aliphatic carbocycles. The highest BCUT2D eigenvalue weighted by molar-refractivity contribution is 4.88. The van der Waals surface area contributed by atoms with Crippen molar-refractivity contribution in [3.8, 4) is 6.07 Å². The highest BCUT2D eigenvalue weighted by Crippen LogP contribution is 2.05. The van der Waals surface area contributed by atoms with E-state index in [0.29, 0.717) is 19.1 Å². The first-order chi connectivity index (χ1) is 7.69. The van der Waals surface area contributed by atoms with Crippen molar-refractivity contribution in [1.82, 2.24) is 19.7 Å². The molecule has 0 bridgehead atoms. The van der Waals surface area contributed by atoms with Crippen LogP contribution in [0.5, 0.6) is 0 Å². The van der Waals surface area contributed by atoms with Crippen LogP contribution < -0.4 is 0 Å². The van der Waals surface area contributed by atoms with Gasteiger partial charge in [-0.15, -0.1) is 0 Å². The second-order valence-electron chi connectivity index (χ2n) is 4.06. The van der Waals surface area contributed by atoms with E-state index in [1.807, 2.05) is 4.68 Å². The number of aromatic nitrogens is 3. The topological polar surface area (TPSA) is 57.7 Å². The maximum absolute atomic E-state index is 8.75. The van der Waals surface area contributed by atoms with E-state index in [-0.39, 0.29) is 0 Å². The largest absolute Gasteiger partial charge is 0.281 e. The minimum Gasteiger partial charge on any atom is -0.281 e. The lowest BCUT2D eigenvalue weighted by molar-refractivity contribution is 0.229. The van der Waals surface area contributed by atoms with Crippen LogP contribution in [0.3, 0.4) is 0 Å². The average molecular weight is 221 g/mol. The predicted molar refractivity (Wildman–Crippen MR) is 61.5 cm³/mol. The molecule has 88 valence electrons. The molecule has 5 nitrogen and oxygen atoms in total. The Kier molecular flexibility index (Phi) is 4.93. The van der Waals surface area contributed by atoms with Crippen molar-refractivity contribution >= 4 is 0 Å². The zero-order valence-electron chi connectivity index (χ0n) is 10.2. The molecule has 0 radical (unpaired) electrons. The normalized spacial score (nSPS) is 11.0. The van der Waals surface area contributed by atoms with Crippen LogP contribution in [-0.4, -0.2) is 32.3 Å². The van der Waals surface area contributed by atoms with Gasteiger partial charge in [0.1, 0.15) is 12.2 Å². The molecule has 0 N–H and O–H groups in total. The summed E-state index contributed by atoms with van der Waals surface area (Å²) in [6.45, 7) is 8.27. The Balaban J connectivity index is 2.69. The molecule has 0 atom stereocenters. The standard InChI is InChI=1S/C11H19N5/c1-4-6-16-11(13-9-14-16)8-15(7-5-12)10(2)3/h9-10H,4,6-8H2,1-3H3. The summed E-state index contributed by atoms with van der Waals surface area (Å²) >= 11 is 0. The minimum absolute atomic E-state index is 0.339. The highest BCUT2D eigenvalue weighted by atomic mass is 15.3. The SMILES string of the molecule is CCCn1ncnc1CN(CC#N)C(C)C. The van der Waals surface area contributed by atoms with Gasteiger partial charge in [-0.2, -0.15) is 10.4 Å². The number of rotatable bonds is 6. The van der Waals surface area contributed by atoms with Crippen LogP contribution in [0.15, 0.2) is 6.33 Å². The molecule has 0 unspecified atom stereocenters. The summed E-state index contributed by atoms with van der Waals surface area (Å²) in [5.74, 6) is 0.936. The predicted octanol–water partition coefficient (Wildman–Crippen LogP) is 1.42. The molecule has 0 saturated heterocycles. The summed E-state index contributed by atoms with van der Waals surface area (Å²) < 4.78 is 1.91. The lowest BCUT2D eigenvalue weighted by atomic mass is 10.3. The Morgan fingerprint density at radius 1 is 1.56 bits per heavy atom. The quantitative estimate of drug-likeness (QED) is 0.682. The Morgan fingerprint density at radius 2 is 2.31 bits per heavy atom. The van der Waals surface area contributed by atoms with Crippen LogP contribution in [0.25, 0.3) is 0 Å². The van der Waals surface area contributed by atoms with Gasteiger partial charge in [-0.3, -0.25) is 4.90 Å². The smallest absolute Gasteiger partial charge is 0.141 e. The fourth-order valence-electron chi connectivity index (χ4n) is 1.50. The van der Waals surface area contributed by atoms with Gasteiger partial charge in [-0.1, -0.05) is 6.92 Å². The Labute approximate surface area is 96.7 Å². The lowest BCUT2D eigenvalue weighted by Crippen LogP contribution is -2.32. The first-order valence-electron chi connectivity index (χ1n) is 5.66. The molecule has 0 fully saturated rings. The van der Waals surface area contributed by atoms with Crippen molar-refractivity contribution < 1.29 is 0 Å². The molecular formula is C11H19N5. The van der Waals surface area contributed by atoms with Gasteiger partial charge in [0.15, 0.2) is 0 Å². The number of aryl methyl sites for hydroxylation is 1. The van der Waals surface area contributed by atoms with Crippen molar-refractivity contribution in [1.29, 1.82) is 5.26 Å². The van der Waals surface area contributed by atoms with E-state index in [9.17, 15) is 0 Å². The van der Waals surface area contributed by atoms with Gasteiger partial charge in [-0.05, 0) is 20.3 Å². The maximum Gasteiger partial charge on any atom is 0.141 e. The van der Waals surface area contributed by atoms with Gasteiger partial charge in [-0.25, -0.2) is 9.67 Å². The lowest BCUT2D eigenvalue weighted by Gasteiger charge is -2.22. The van der Waals surface area contributed by atoms with Gasteiger partial charge in [0, 0.05) is 12.6 Å². The van der Waals surface area contributed by atoms with E-state index in [0.717, 1.165) is 18.8 Å². The molecule has 16 heavy (non-hydrogen) atoms. The molecule has 0 spiro atoms. The number of nitrogens with zero attached hydrogens (tertiary/aromatic N) is 5. The van der Waals surface area contributed by atoms with Gasteiger partial charge in [0.05, 0.1) is 19.2 Å². The fourth-order valence-corrected chi connectivity index (χ4v) is 1.50. The van der Waals surface area contributed by atoms with Crippen molar-refractivity contribution in [2.45, 2.75) is 46.3 Å². The zero-order valence-corrected chi connectivity index (χ0v) is 10.2. The van der Waals surface area contributed by atoms with E-state index in [1.165, 1.54) is 0 Å². The molecule has 0 aromatic carbocycles. The summed E-state index contributed by atoms with van der Waals surface area (Å²) in [6, 6.07) is 2.52. The van der Waals surface area contributed by atoms with Crippen LogP contribution in [0.1, 0.15) is 33.0 Å². The molecule has 0 amide bonds. The van der Waals surface area contributed by atoms with Crippen LogP contribution in [-0.2, 0) is 13.1 Å². The summed E-state index contributed by atoms with van der Waals surface area (Å²) in [4.78, 5) is 6.32. The van der Waals surface area contributed by atoms with E-state index in [4.69, 9.17) is 5.26 Å². The Bertz CT molecular complexity index is 350. The summed E-state index contributed by atoms with van der Waals surface area (Å²) in [5.41, 5.74) is 0. The molecule has 0 aliphatic heterocycles. The molecule has 0 aliphatic rings. The maximum atomic E-state index is 8.75. The van der Waals surface area contributed by atoms with Crippen molar-refractivity contribution in [2.24, 2.45) is 0 Å². The van der Waals surface area contributed by atoms with Crippen molar-refractivity contribution in [3.05, 3.63) is 12.2 Å². The monoisotopic (exact) mass is 221 g/mol. The first-order valence-corrected chi connectivity index (χ1v) is 5.66. The number of nitriles is 1. The molecular weight excluding hydrogens is 202 g/mol. The highest BCUT2D eigenvalue weighted by Gasteiger charge is 2.13.